The maximum Gasteiger partial charge on any atom is 0.262 e. The predicted molar refractivity (Wildman–Crippen MR) is 199 cm³/mol. The van der Waals surface area contributed by atoms with Gasteiger partial charge in [0.2, 0.25) is 5.91 Å². The highest BCUT2D eigenvalue weighted by Gasteiger charge is 2.45. The van der Waals surface area contributed by atoms with E-state index in [1.165, 1.54) is 11.6 Å². The lowest BCUT2D eigenvalue weighted by Gasteiger charge is -2.40. The summed E-state index contributed by atoms with van der Waals surface area (Å²) in [5.74, 6) is 0.689. The fourth-order valence-corrected chi connectivity index (χ4v) is 8.18. The molecule has 5 aromatic rings. The van der Waals surface area contributed by atoms with Gasteiger partial charge in [-0.3, -0.25) is 14.5 Å². The van der Waals surface area contributed by atoms with Crippen molar-refractivity contribution in [1.82, 2.24) is 19.4 Å². The smallest absolute Gasteiger partial charge is 0.262 e. The molecule has 0 radical (unpaired) electrons. The molecule has 2 aliphatic heterocycles. The second-order valence-electron chi connectivity index (χ2n) is 14.2. The van der Waals surface area contributed by atoms with E-state index in [0.29, 0.717) is 60.1 Å². The molecule has 1 saturated heterocycles. The number of hydrogen-bond donors (Lipinski definition) is 2. The van der Waals surface area contributed by atoms with E-state index in [-0.39, 0.29) is 28.5 Å². The van der Waals surface area contributed by atoms with Crippen LogP contribution in [0.5, 0.6) is 5.75 Å². The summed E-state index contributed by atoms with van der Waals surface area (Å²) in [5.41, 5.74) is 4.72. The van der Waals surface area contributed by atoms with Crippen LogP contribution in [0.25, 0.3) is 22.2 Å². The van der Waals surface area contributed by atoms with Crippen molar-refractivity contribution in [3.05, 3.63) is 106 Å². The summed E-state index contributed by atoms with van der Waals surface area (Å²) in [5, 5.41) is 6.71. The van der Waals surface area contributed by atoms with Crippen molar-refractivity contribution in [2.24, 2.45) is 5.92 Å². The van der Waals surface area contributed by atoms with Crippen molar-refractivity contribution in [2.45, 2.75) is 63.6 Å². The third-order valence-electron chi connectivity index (χ3n) is 11.1. The van der Waals surface area contributed by atoms with Crippen LogP contribution < -0.4 is 20.9 Å². The Hall–Kier alpha value is -5.13. The summed E-state index contributed by atoms with van der Waals surface area (Å²) in [7, 11) is 3.75. The van der Waals surface area contributed by atoms with Crippen LogP contribution in [-0.4, -0.2) is 52.7 Å². The molecule has 1 saturated carbocycles. The van der Waals surface area contributed by atoms with Crippen LogP contribution in [0.4, 0.5) is 21.6 Å². The number of nitrogens with one attached hydrogen (secondary N) is 2. The number of carbonyl (C=O) groups is 1. The number of ether oxygens (including phenoxy) is 2. The van der Waals surface area contributed by atoms with Gasteiger partial charge in [0.25, 0.3) is 5.56 Å². The van der Waals surface area contributed by atoms with Gasteiger partial charge >= 0.3 is 0 Å². The Morgan fingerprint density at radius 2 is 1.79 bits per heavy atom. The fraction of sp³-hybridized carbons (Fsp3) is 0.366. The van der Waals surface area contributed by atoms with Crippen molar-refractivity contribution >= 4 is 34.0 Å². The van der Waals surface area contributed by atoms with E-state index < -0.39 is 5.82 Å². The number of pyridine rings is 3. The van der Waals surface area contributed by atoms with Gasteiger partial charge < -0.3 is 24.7 Å². The minimum atomic E-state index is -0.521. The topological polar surface area (TPSA) is 111 Å². The summed E-state index contributed by atoms with van der Waals surface area (Å²) in [6.07, 6.45) is 8.47. The Labute approximate surface area is 302 Å². The summed E-state index contributed by atoms with van der Waals surface area (Å²) >= 11 is 0. The zero-order valence-electron chi connectivity index (χ0n) is 29.6. The van der Waals surface area contributed by atoms with E-state index in [1.54, 1.807) is 42.1 Å². The average molecular weight is 703 g/mol. The number of hydrogen-bond acceptors (Lipinski definition) is 8. The molecule has 0 atom stereocenters. The largest absolute Gasteiger partial charge is 0.497 e. The molecule has 5 heterocycles. The first-order valence-corrected chi connectivity index (χ1v) is 18.2. The molecule has 1 spiro atoms. The lowest BCUT2D eigenvalue weighted by atomic mass is 9.84. The lowest BCUT2D eigenvalue weighted by Crippen LogP contribution is -2.43. The van der Waals surface area contributed by atoms with Crippen LogP contribution in [0.3, 0.4) is 0 Å². The number of aromatic nitrogens is 3. The van der Waals surface area contributed by atoms with Crippen LogP contribution >= 0.6 is 0 Å². The van der Waals surface area contributed by atoms with Gasteiger partial charge in [-0.2, -0.15) is 0 Å². The molecule has 1 amide bonds. The Kier molecular flexibility index (Phi) is 9.23. The molecule has 1 aliphatic carbocycles. The van der Waals surface area contributed by atoms with Gasteiger partial charge in [0, 0.05) is 43.1 Å². The standard InChI is InChI=1S/C41H43FN6O4/c1-47-25-36-31(41(47)17-20-52-21-18-41)14-15-37(46-36)45-35-23-34(30-13-10-28(22-32(30)42)43-39(49)27-6-4-3-5-7-27)44-33-16-19-48(40(50)38(33)35)24-26-8-11-29(51-2)12-9-26/h8-16,19,22-23,27H,3-7,17-18,20-21,24-25H2,1-2H3,(H,43,49)(H,44,45,46). The molecule has 10 nitrogen and oxygen atoms in total. The van der Waals surface area contributed by atoms with Crippen molar-refractivity contribution in [1.29, 1.82) is 0 Å². The third-order valence-corrected chi connectivity index (χ3v) is 11.1. The molecule has 2 fully saturated rings. The van der Waals surface area contributed by atoms with E-state index in [0.717, 1.165) is 62.0 Å². The van der Waals surface area contributed by atoms with Gasteiger partial charge in [-0.15, -0.1) is 0 Å². The zero-order valence-corrected chi connectivity index (χ0v) is 29.6. The number of benzene rings is 2. The molecule has 52 heavy (non-hydrogen) atoms. The molecular weight excluding hydrogens is 659 g/mol. The first-order valence-electron chi connectivity index (χ1n) is 18.2. The van der Waals surface area contributed by atoms with Gasteiger partial charge in [-0.1, -0.05) is 37.5 Å². The zero-order chi connectivity index (χ0) is 35.8. The van der Waals surface area contributed by atoms with Crippen molar-refractivity contribution < 1.29 is 18.7 Å². The highest BCUT2D eigenvalue weighted by atomic mass is 19.1. The summed E-state index contributed by atoms with van der Waals surface area (Å²) in [6, 6.07) is 19.8. The molecule has 3 aliphatic rings. The summed E-state index contributed by atoms with van der Waals surface area (Å²) in [6.45, 7) is 2.47. The third kappa shape index (κ3) is 6.43. The monoisotopic (exact) mass is 702 g/mol. The molecule has 2 N–H and O–H groups in total. The normalized spacial score (nSPS) is 17.3. The number of fused-ring (bicyclic) bond motifs is 3. The molecule has 268 valence electrons. The highest BCUT2D eigenvalue weighted by molar-refractivity contribution is 5.95. The number of amides is 1. The molecule has 0 bridgehead atoms. The number of halogens is 1. The van der Waals surface area contributed by atoms with Crippen molar-refractivity contribution in [2.75, 3.05) is 38.0 Å². The van der Waals surface area contributed by atoms with Crippen LogP contribution in [0.2, 0.25) is 0 Å². The Morgan fingerprint density at radius 3 is 2.54 bits per heavy atom. The SMILES string of the molecule is COc1ccc(Cn2ccc3nc(-c4ccc(NC(=O)C5CCCCC5)cc4F)cc(Nc4ccc5c(n4)CN(C)C54CCOCC4)c3c2=O)cc1. The van der Waals surface area contributed by atoms with E-state index in [4.69, 9.17) is 19.4 Å². The second-order valence-corrected chi connectivity index (χ2v) is 14.2. The lowest BCUT2D eigenvalue weighted by molar-refractivity contribution is -0.120. The van der Waals surface area contributed by atoms with Crippen molar-refractivity contribution in [3.63, 3.8) is 0 Å². The average Bonchev–Trinajstić information content (AvgIpc) is 3.42. The maximum absolute atomic E-state index is 15.9. The van der Waals surface area contributed by atoms with Crippen LogP contribution in [-0.2, 0) is 28.2 Å². The van der Waals surface area contributed by atoms with Gasteiger partial charge in [0.1, 0.15) is 17.4 Å². The van der Waals surface area contributed by atoms with Gasteiger partial charge in [0.05, 0.1) is 47.2 Å². The summed E-state index contributed by atoms with van der Waals surface area (Å²) < 4.78 is 28.5. The fourth-order valence-electron chi connectivity index (χ4n) is 8.18. The van der Waals surface area contributed by atoms with Crippen LogP contribution in [0.15, 0.2) is 77.7 Å². The minimum absolute atomic E-state index is 0.0449. The molecule has 0 unspecified atom stereocenters. The molecule has 2 aromatic carbocycles. The Morgan fingerprint density at radius 1 is 1.00 bits per heavy atom. The molecule has 11 heteroatoms. The maximum atomic E-state index is 15.9. The van der Waals surface area contributed by atoms with Crippen LogP contribution in [0, 0.1) is 11.7 Å². The van der Waals surface area contributed by atoms with Gasteiger partial charge in [-0.05, 0) is 92.4 Å². The molecule has 8 rings (SSSR count). The van der Waals surface area contributed by atoms with E-state index in [2.05, 4.69) is 28.6 Å². The van der Waals surface area contributed by atoms with E-state index in [1.807, 2.05) is 30.3 Å². The van der Waals surface area contributed by atoms with Crippen molar-refractivity contribution in [3.8, 4) is 17.0 Å². The first-order chi connectivity index (χ1) is 25.3. The number of carbonyl (C=O) groups excluding carboxylic acids is 1. The van der Waals surface area contributed by atoms with Crippen LogP contribution in [0.1, 0.15) is 61.8 Å². The number of anilines is 3. The van der Waals surface area contributed by atoms with E-state index >= 15 is 4.39 Å². The number of rotatable bonds is 8. The quantitative estimate of drug-likeness (QED) is 0.173. The van der Waals surface area contributed by atoms with Gasteiger partial charge in [-0.25, -0.2) is 14.4 Å². The Bertz CT molecular complexity index is 2190. The predicted octanol–water partition coefficient (Wildman–Crippen LogP) is 7.37. The summed E-state index contributed by atoms with van der Waals surface area (Å²) in [4.78, 5) is 39.3. The molecule has 3 aromatic heterocycles. The Balaban J connectivity index is 1.16. The highest BCUT2D eigenvalue weighted by Crippen LogP contribution is 2.45. The molecular formula is C41H43FN6O4. The van der Waals surface area contributed by atoms with Gasteiger partial charge in [0.15, 0.2) is 0 Å². The van der Waals surface area contributed by atoms with E-state index in [9.17, 15) is 9.59 Å². The second kappa shape index (κ2) is 14.1. The minimum Gasteiger partial charge on any atom is -0.497 e. The number of methoxy groups -OCH3 is 1. The first kappa shape index (κ1) is 34.0. The number of nitrogens with zero attached hydrogens (tertiary/aromatic N) is 4.